The lowest BCUT2D eigenvalue weighted by molar-refractivity contribution is 0.627. The second kappa shape index (κ2) is 6.81. The smallest absolute Gasteiger partial charge is 0.203 e. The minimum Gasteiger partial charge on any atom is -0.253 e. The molecule has 3 aromatic rings. The van der Waals surface area contributed by atoms with Gasteiger partial charge in [-0.3, -0.25) is 5.43 Å². The number of hydrazone groups is 1. The normalized spacial score (nSPS) is 11.0. The largest absolute Gasteiger partial charge is 0.253 e. The van der Waals surface area contributed by atoms with E-state index in [-0.39, 0.29) is 5.82 Å². The van der Waals surface area contributed by atoms with E-state index in [1.54, 1.807) is 18.3 Å². The summed E-state index contributed by atoms with van der Waals surface area (Å²) in [4.78, 5) is 4.46. The van der Waals surface area contributed by atoms with Crippen LogP contribution in [0.3, 0.4) is 0 Å². The minimum atomic E-state index is -0.282. The van der Waals surface area contributed by atoms with Crippen molar-refractivity contribution in [3.05, 3.63) is 69.8 Å². The number of halogens is 2. The average Bonchev–Trinajstić information content (AvgIpc) is 2.97. The summed E-state index contributed by atoms with van der Waals surface area (Å²) in [5.41, 5.74) is 5.48. The van der Waals surface area contributed by atoms with Crippen molar-refractivity contribution in [3.63, 3.8) is 0 Å². The summed E-state index contributed by atoms with van der Waals surface area (Å²) in [5.74, 6) is -0.282. The number of hydrogen-bond acceptors (Lipinski definition) is 4. The summed E-state index contributed by atoms with van der Waals surface area (Å²) in [5, 5.41) is 6.72. The summed E-state index contributed by atoms with van der Waals surface area (Å²) in [6, 6.07) is 14.2. The van der Waals surface area contributed by atoms with Gasteiger partial charge in [0.2, 0.25) is 5.13 Å². The van der Waals surface area contributed by atoms with E-state index in [1.807, 2.05) is 29.6 Å². The molecule has 0 unspecified atom stereocenters. The van der Waals surface area contributed by atoms with E-state index in [2.05, 4.69) is 31.4 Å². The molecule has 0 radical (unpaired) electrons. The van der Waals surface area contributed by atoms with Crippen LogP contribution in [0.4, 0.5) is 9.52 Å². The number of hydrogen-bond donors (Lipinski definition) is 1. The summed E-state index contributed by atoms with van der Waals surface area (Å²) >= 11 is 4.87. The standard InChI is InChI=1S/C16H11BrFN3S/c17-13-6-4-12(5-7-13)15-10-22-16(20-15)21-19-9-11-2-1-3-14(18)8-11/h1-10H,(H,20,21)/b19-9+. The fourth-order valence-corrected chi connectivity index (χ4v) is 2.76. The predicted molar refractivity (Wildman–Crippen MR) is 92.9 cm³/mol. The van der Waals surface area contributed by atoms with Crippen LogP contribution in [-0.2, 0) is 0 Å². The Morgan fingerprint density at radius 1 is 1.18 bits per heavy atom. The van der Waals surface area contributed by atoms with Gasteiger partial charge in [-0.25, -0.2) is 9.37 Å². The molecule has 3 nitrogen and oxygen atoms in total. The van der Waals surface area contributed by atoms with Gasteiger partial charge in [0, 0.05) is 15.4 Å². The Morgan fingerprint density at radius 2 is 2.00 bits per heavy atom. The first kappa shape index (κ1) is 14.9. The molecule has 0 amide bonds. The van der Waals surface area contributed by atoms with Gasteiger partial charge in [0.1, 0.15) is 5.82 Å². The Morgan fingerprint density at radius 3 is 2.77 bits per heavy atom. The van der Waals surface area contributed by atoms with Crippen molar-refractivity contribution in [3.8, 4) is 11.3 Å². The third kappa shape index (κ3) is 3.78. The van der Waals surface area contributed by atoms with Gasteiger partial charge >= 0.3 is 0 Å². The molecule has 1 N–H and O–H groups in total. The molecule has 3 rings (SSSR count). The summed E-state index contributed by atoms with van der Waals surface area (Å²) in [7, 11) is 0. The molecule has 0 atom stereocenters. The maximum Gasteiger partial charge on any atom is 0.203 e. The molecule has 0 aliphatic heterocycles. The fourth-order valence-electron chi connectivity index (χ4n) is 1.83. The first-order valence-electron chi connectivity index (χ1n) is 6.47. The Labute approximate surface area is 139 Å². The van der Waals surface area contributed by atoms with E-state index in [9.17, 15) is 4.39 Å². The predicted octanol–water partition coefficient (Wildman–Crippen LogP) is 5.16. The Hall–Kier alpha value is -2.05. The van der Waals surface area contributed by atoms with Gasteiger partial charge in [-0.2, -0.15) is 5.10 Å². The van der Waals surface area contributed by atoms with E-state index in [4.69, 9.17) is 0 Å². The van der Waals surface area contributed by atoms with Gasteiger partial charge in [0.15, 0.2) is 0 Å². The summed E-state index contributed by atoms with van der Waals surface area (Å²) in [6.07, 6.45) is 1.56. The Kier molecular flexibility index (Phi) is 4.60. The number of anilines is 1. The molecule has 0 aliphatic rings. The third-order valence-electron chi connectivity index (χ3n) is 2.87. The highest BCUT2D eigenvalue weighted by atomic mass is 79.9. The van der Waals surface area contributed by atoms with Crippen LogP contribution in [0.15, 0.2) is 63.5 Å². The minimum absolute atomic E-state index is 0.282. The molecule has 0 bridgehead atoms. The molecular weight excluding hydrogens is 365 g/mol. The molecule has 0 aliphatic carbocycles. The van der Waals surface area contributed by atoms with E-state index in [0.717, 1.165) is 15.7 Å². The zero-order valence-electron chi connectivity index (χ0n) is 11.3. The van der Waals surface area contributed by atoms with Gasteiger partial charge < -0.3 is 0 Å². The Balaban J connectivity index is 1.68. The molecule has 0 spiro atoms. The number of nitrogens with zero attached hydrogens (tertiary/aromatic N) is 2. The van der Waals surface area contributed by atoms with Gasteiger partial charge in [-0.15, -0.1) is 11.3 Å². The van der Waals surface area contributed by atoms with Gasteiger partial charge in [0.05, 0.1) is 11.9 Å². The van der Waals surface area contributed by atoms with Crippen LogP contribution in [0.25, 0.3) is 11.3 Å². The molecule has 22 heavy (non-hydrogen) atoms. The highest BCUT2D eigenvalue weighted by Gasteiger charge is 2.03. The van der Waals surface area contributed by atoms with Gasteiger partial charge in [0.25, 0.3) is 0 Å². The average molecular weight is 376 g/mol. The third-order valence-corrected chi connectivity index (χ3v) is 4.14. The molecule has 1 heterocycles. The molecular formula is C16H11BrFN3S. The molecule has 0 saturated carbocycles. The first-order chi connectivity index (χ1) is 10.7. The van der Waals surface area contributed by atoms with Crippen LogP contribution < -0.4 is 5.43 Å². The second-order valence-electron chi connectivity index (χ2n) is 4.47. The van der Waals surface area contributed by atoms with Crippen molar-refractivity contribution in [1.82, 2.24) is 4.98 Å². The molecule has 110 valence electrons. The lowest BCUT2D eigenvalue weighted by Gasteiger charge is -1.97. The second-order valence-corrected chi connectivity index (χ2v) is 6.24. The monoisotopic (exact) mass is 375 g/mol. The van der Waals surface area contributed by atoms with Gasteiger partial charge in [-0.05, 0) is 29.8 Å². The number of thiazole rings is 1. The van der Waals surface area contributed by atoms with Crippen LogP contribution in [0.1, 0.15) is 5.56 Å². The highest BCUT2D eigenvalue weighted by Crippen LogP contribution is 2.25. The van der Waals surface area contributed by atoms with Crippen LogP contribution in [0.5, 0.6) is 0 Å². The molecule has 6 heteroatoms. The fraction of sp³-hybridized carbons (Fsp3) is 0. The van der Waals surface area contributed by atoms with E-state index >= 15 is 0 Å². The highest BCUT2D eigenvalue weighted by molar-refractivity contribution is 9.10. The van der Waals surface area contributed by atoms with E-state index < -0.39 is 0 Å². The number of benzene rings is 2. The quantitative estimate of drug-likeness (QED) is 0.505. The van der Waals surface area contributed by atoms with Crippen LogP contribution in [-0.4, -0.2) is 11.2 Å². The Bertz CT molecular complexity index is 799. The first-order valence-corrected chi connectivity index (χ1v) is 8.14. The van der Waals surface area contributed by atoms with Crippen molar-refractivity contribution >= 4 is 38.6 Å². The maximum atomic E-state index is 13.0. The summed E-state index contributed by atoms with van der Waals surface area (Å²) in [6.45, 7) is 0. The lowest BCUT2D eigenvalue weighted by atomic mass is 10.2. The van der Waals surface area contributed by atoms with Gasteiger partial charge in [-0.1, -0.05) is 40.2 Å². The molecule has 0 saturated heterocycles. The van der Waals surface area contributed by atoms with Crippen LogP contribution >= 0.6 is 27.3 Å². The van der Waals surface area contributed by atoms with E-state index in [1.165, 1.54) is 23.5 Å². The number of rotatable bonds is 4. The topological polar surface area (TPSA) is 37.3 Å². The van der Waals surface area contributed by atoms with Crippen LogP contribution in [0, 0.1) is 5.82 Å². The van der Waals surface area contributed by atoms with Crippen molar-refractivity contribution in [2.24, 2.45) is 5.10 Å². The number of aromatic nitrogens is 1. The number of nitrogens with one attached hydrogen (secondary N) is 1. The van der Waals surface area contributed by atoms with Crippen molar-refractivity contribution in [1.29, 1.82) is 0 Å². The zero-order valence-corrected chi connectivity index (χ0v) is 13.7. The zero-order chi connectivity index (χ0) is 15.4. The summed E-state index contributed by atoms with van der Waals surface area (Å²) < 4.78 is 14.1. The molecule has 2 aromatic carbocycles. The van der Waals surface area contributed by atoms with Crippen molar-refractivity contribution in [2.75, 3.05) is 5.43 Å². The van der Waals surface area contributed by atoms with Crippen molar-refractivity contribution < 1.29 is 4.39 Å². The lowest BCUT2D eigenvalue weighted by Crippen LogP contribution is -1.90. The van der Waals surface area contributed by atoms with E-state index in [0.29, 0.717) is 10.7 Å². The SMILES string of the molecule is Fc1cccc(/C=N/Nc2nc(-c3ccc(Br)cc3)cs2)c1. The molecule has 0 fully saturated rings. The molecule has 1 aromatic heterocycles. The van der Waals surface area contributed by atoms with Crippen LogP contribution in [0.2, 0.25) is 0 Å². The van der Waals surface area contributed by atoms with Crippen molar-refractivity contribution in [2.45, 2.75) is 0 Å². The maximum absolute atomic E-state index is 13.0.